The molecule has 1 amide bonds. The lowest BCUT2D eigenvalue weighted by Gasteiger charge is -2.20. The van der Waals surface area contributed by atoms with Gasteiger partial charge in [0.1, 0.15) is 6.04 Å². The average Bonchev–Trinajstić information content (AvgIpc) is 2.90. The molecule has 1 aromatic rings. The maximum Gasteiger partial charge on any atom is 0.326 e. The minimum absolute atomic E-state index is 0.0348. The number of nitrogens with zero attached hydrogens (tertiary/aromatic N) is 1. The first-order valence-corrected chi connectivity index (χ1v) is 7.90. The van der Waals surface area contributed by atoms with Crippen molar-refractivity contribution in [1.29, 1.82) is 0 Å². The van der Waals surface area contributed by atoms with Crippen LogP contribution in [0.3, 0.4) is 0 Å². The van der Waals surface area contributed by atoms with Crippen molar-refractivity contribution in [3.63, 3.8) is 0 Å². The SMILES string of the molecule is O=C(SCCC(=O)N1C[C@H](O)C[C@H]1C(=O)O)c1ccccc1. The number of carboxylic acid groups (broad SMARTS) is 1. The molecule has 0 unspecified atom stereocenters. The third kappa shape index (κ3) is 4.08. The molecule has 118 valence electrons. The average molecular weight is 323 g/mol. The smallest absolute Gasteiger partial charge is 0.326 e. The standard InChI is InChI=1S/C15H17NO5S/c17-11-8-12(14(19)20)16(9-11)13(18)6-7-22-15(21)10-4-2-1-3-5-10/h1-5,11-12,17H,6-9H2,(H,19,20)/t11-,12+/m1/s1. The first kappa shape index (κ1) is 16.5. The molecule has 22 heavy (non-hydrogen) atoms. The van der Waals surface area contributed by atoms with Gasteiger partial charge < -0.3 is 15.1 Å². The summed E-state index contributed by atoms with van der Waals surface area (Å²) in [6.07, 6.45) is -0.680. The molecule has 0 aliphatic carbocycles. The van der Waals surface area contributed by atoms with Crippen molar-refractivity contribution >= 4 is 28.8 Å². The predicted molar refractivity (Wildman–Crippen MR) is 81.6 cm³/mol. The summed E-state index contributed by atoms with van der Waals surface area (Å²) in [4.78, 5) is 36.2. The van der Waals surface area contributed by atoms with Crippen LogP contribution in [0.5, 0.6) is 0 Å². The highest BCUT2D eigenvalue weighted by Crippen LogP contribution is 2.20. The Balaban J connectivity index is 1.83. The Kier molecular flexibility index (Phi) is 5.57. The molecule has 1 fully saturated rings. The summed E-state index contributed by atoms with van der Waals surface area (Å²) >= 11 is 1.03. The number of thioether (sulfide) groups is 1. The van der Waals surface area contributed by atoms with E-state index in [1.807, 2.05) is 6.07 Å². The predicted octanol–water partition coefficient (Wildman–Crippen LogP) is 0.996. The van der Waals surface area contributed by atoms with Crippen molar-refractivity contribution in [3.8, 4) is 0 Å². The minimum atomic E-state index is -1.11. The van der Waals surface area contributed by atoms with Crippen LogP contribution < -0.4 is 0 Å². The van der Waals surface area contributed by atoms with Gasteiger partial charge in [0.05, 0.1) is 6.10 Å². The zero-order valence-electron chi connectivity index (χ0n) is 11.8. The normalized spacial score (nSPS) is 20.9. The van der Waals surface area contributed by atoms with E-state index < -0.39 is 18.1 Å². The number of aliphatic hydroxyl groups is 1. The molecule has 1 aliphatic heterocycles. The van der Waals surface area contributed by atoms with Gasteiger partial charge in [-0.3, -0.25) is 9.59 Å². The number of carbonyl (C=O) groups is 3. The number of likely N-dealkylation sites (tertiary alicyclic amines) is 1. The summed E-state index contributed by atoms with van der Waals surface area (Å²) < 4.78 is 0. The van der Waals surface area contributed by atoms with E-state index in [2.05, 4.69) is 0 Å². The van der Waals surface area contributed by atoms with Gasteiger partial charge in [-0.1, -0.05) is 42.1 Å². The van der Waals surface area contributed by atoms with Crippen LogP contribution in [0.15, 0.2) is 30.3 Å². The number of aliphatic carboxylic acids is 1. The monoisotopic (exact) mass is 323 g/mol. The van der Waals surface area contributed by atoms with E-state index in [1.54, 1.807) is 24.3 Å². The summed E-state index contributed by atoms with van der Waals surface area (Å²) in [7, 11) is 0. The minimum Gasteiger partial charge on any atom is -0.480 e. The second kappa shape index (κ2) is 7.42. The van der Waals surface area contributed by atoms with Crippen molar-refractivity contribution < 1.29 is 24.6 Å². The van der Waals surface area contributed by atoms with Crippen LogP contribution in [0.2, 0.25) is 0 Å². The zero-order valence-corrected chi connectivity index (χ0v) is 12.7. The fraction of sp³-hybridized carbons (Fsp3) is 0.400. The summed E-state index contributed by atoms with van der Waals surface area (Å²) in [6.45, 7) is 0.0348. The lowest BCUT2D eigenvalue weighted by Crippen LogP contribution is -2.40. The Morgan fingerprint density at radius 2 is 1.91 bits per heavy atom. The van der Waals surface area contributed by atoms with Crippen molar-refractivity contribution in [2.45, 2.75) is 25.0 Å². The number of rotatable bonds is 5. The lowest BCUT2D eigenvalue weighted by atomic mass is 10.2. The number of benzene rings is 1. The van der Waals surface area contributed by atoms with E-state index >= 15 is 0 Å². The number of aliphatic hydroxyl groups excluding tert-OH is 1. The Labute approximate surface area is 132 Å². The molecule has 2 atom stereocenters. The Morgan fingerprint density at radius 1 is 1.23 bits per heavy atom. The van der Waals surface area contributed by atoms with Gasteiger partial charge in [-0.05, 0) is 0 Å². The number of hydrogen-bond acceptors (Lipinski definition) is 5. The fourth-order valence-electron chi connectivity index (χ4n) is 2.36. The first-order chi connectivity index (χ1) is 10.5. The highest BCUT2D eigenvalue weighted by atomic mass is 32.2. The molecule has 1 saturated heterocycles. The third-order valence-electron chi connectivity index (χ3n) is 3.44. The lowest BCUT2D eigenvalue weighted by molar-refractivity contribution is -0.148. The summed E-state index contributed by atoms with van der Waals surface area (Å²) in [5.74, 6) is -1.18. The van der Waals surface area contributed by atoms with Gasteiger partial charge in [0.25, 0.3) is 0 Å². The molecule has 1 aromatic carbocycles. The van der Waals surface area contributed by atoms with E-state index in [9.17, 15) is 19.5 Å². The van der Waals surface area contributed by atoms with Crippen LogP contribution in [-0.2, 0) is 9.59 Å². The third-order valence-corrected chi connectivity index (χ3v) is 4.35. The first-order valence-electron chi connectivity index (χ1n) is 6.91. The summed E-state index contributed by atoms with van der Waals surface area (Å²) in [5, 5.41) is 18.4. The maximum absolute atomic E-state index is 12.1. The van der Waals surface area contributed by atoms with E-state index in [1.165, 1.54) is 4.90 Å². The molecular formula is C15H17NO5S. The van der Waals surface area contributed by atoms with Crippen LogP contribution >= 0.6 is 11.8 Å². The van der Waals surface area contributed by atoms with Gasteiger partial charge in [0, 0.05) is 30.7 Å². The van der Waals surface area contributed by atoms with Crippen molar-refractivity contribution in [3.05, 3.63) is 35.9 Å². The topological polar surface area (TPSA) is 94.9 Å². The van der Waals surface area contributed by atoms with Crippen LogP contribution in [0.4, 0.5) is 0 Å². The van der Waals surface area contributed by atoms with E-state index in [4.69, 9.17) is 5.11 Å². The van der Waals surface area contributed by atoms with Gasteiger partial charge in [-0.25, -0.2) is 4.79 Å². The number of hydrogen-bond donors (Lipinski definition) is 2. The molecule has 6 nitrogen and oxygen atoms in total. The zero-order chi connectivity index (χ0) is 16.1. The van der Waals surface area contributed by atoms with Crippen LogP contribution in [0.25, 0.3) is 0 Å². The van der Waals surface area contributed by atoms with Gasteiger partial charge in [-0.2, -0.15) is 0 Å². The molecule has 0 saturated carbocycles. The van der Waals surface area contributed by atoms with Crippen LogP contribution in [-0.4, -0.2) is 56.5 Å². The van der Waals surface area contributed by atoms with Gasteiger partial charge >= 0.3 is 5.97 Å². The van der Waals surface area contributed by atoms with Crippen molar-refractivity contribution in [2.24, 2.45) is 0 Å². The molecule has 2 rings (SSSR count). The van der Waals surface area contributed by atoms with E-state index in [-0.39, 0.29) is 36.2 Å². The molecular weight excluding hydrogens is 306 g/mol. The summed E-state index contributed by atoms with van der Waals surface area (Å²) in [5.41, 5.74) is 0.569. The molecule has 0 radical (unpaired) electrons. The number of carbonyl (C=O) groups excluding carboxylic acids is 2. The highest BCUT2D eigenvalue weighted by Gasteiger charge is 2.38. The van der Waals surface area contributed by atoms with Gasteiger partial charge in [-0.15, -0.1) is 0 Å². The van der Waals surface area contributed by atoms with Gasteiger partial charge in [0.15, 0.2) is 0 Å². The maximum atomic E-state index is 12.1. The Hall–Kier alpha value is -1.86. The quantitative estimate of drug-likeness (QED) is 0.839. The second-order valence-corrected chi connectivity index (χ2v) is 6.11. The molecule has 0 aromatic heterocycles. The Morgan fingerprint density at radius 3 is 2.55 bits per heavy atom. The van der Waals surface area contributed by atoms with Crippen LogP contribution in [0, 0.1) is 0 Å². The molecule has 1 aliphatic rings. The van der Waals surface area contributed by atoms with Crippen molar-refractivity contribution in [1.82, 2.24) is 4.90 Å². The number of β-amino-alcohol motifs (C(OH)–C–C–N with tert-alkyl or cyclic N) is 1. The largest absolute Gasteiger partial charge is 0.480 e. The Bertz CT molecular complexity index is 562. The molecule has 1 heterocycles. The fourth-order valence-corrected chi connectivity index (χ4v) is 3.12. The molecule has 0 bridgehead atoms. The molecule has 0 spiro atoms. The molecule has 2 N–H and O–H groups in total. The highest BCUT2D eigenvalue weighted by molar-refractivity contribution is 8.14. The number of carboxylic acids is 1. The van der Waals surface area contributed by atoms with E-state index in [0.29, 0.717) is 5.56 Å². The van der Waals surface area contributed by atoms with Crippen molar-refractivity contribution in [2.75, 3.05) is 12.3 Å². The van der Waals surface area contributed by atoms with E-state index in [0.717, 1.165) is 11.8 Å². The number of amides is 1. The van der Waals surface area contributed by atoms with Crippen LogP contribution in [0.1, 0.15) is 23.2 Å². The second-order valence-electron chi connectivity index (χ2n) is 5.04. The molecule has 7 heteroatoms. The summed E-state index contributed by atoms with van der Waals surface area (Å²) in [6, 6.07) is 7.78. The van der Waals surface area contributed by atoms with Gasteiger partial charge in [0.2, 0.25) is 11.0 Å².